The van der Waals surface area contributed by atoms with Crippen LogP contribution in [0.15, 0.2) is 29.3 Å². The second-order valence-electron chi connectivity index (χ2n) is 4.69. The Balaban J connectivity index is 2.89. The number of hydrogen-bond acceptors (Lipinski definition) is 1. The van der Waals surface area contributed by atoms with Crippen molar-refractivity contribution in [2.24, 2.45) is 16.5 Å². The molecule has 0 atom stereocenters. The molecular formula is C11H19N3Si. The van der Waals surface area contributed by atoms with Gasteiger partial charge in [0, 0.05) is 0 Å². The van der Waals surface area contributed by atoms with Crippen molar-refractivity contribution in [2.45, 2.75) is 26.2 Å². The van der Waals surface area contributed by atoms with Gasteiger partial charge < -0.3 is 11.5 Å². The molecule has 0 unspecified atom stereocenters. The maximum atomic E-state index is 5.30. The molecule has 1 rings (SSSR count). The number of guanidine groups is 1. The minimum Gasteiger partial charge on any atom is -0.370 e. The van der Waals surface area contributed by atoms with E-state index in [1.807, 2.05) is 0 Å². The van der Waals surface area contributed by atoms with Gasteiger partial charge in [-0.05, 0) is 5.56 Å². The topological polar surface area (TPSA) is 64.4 Å². The van der Waals surface area contributed by atoms with Crippen LogP contribution in [0, 0.1) is 0 Å². The zero-order valence-electron chi connectivity index (χ0n) is 9.62. The smallest absolute Gasteiger partial charge is 0.186 e. The molecule has 0 aromatic heterocycles. The monoisotopic (exact) mass is 221 g/mol. The van der Waals surface area contributed by atoms with Crippen LogP contribution in [0.1, 0.15) is 5.56 Å². The SMILES string of the molecule is C[Si](C)(C)c1cccc(CN=C(N)N)c1. The summed E-state index contributed by atoms with van der Waals surface area (Å²) in [6, 6.07) is 8.52. The number of aliphatic imine (C=N–C) groups is 1. The van der Waals surface area contributed by atoms with Crippen LogP contribution in [0.25, 0.3) is 0 Å². The lowest BCUT2D eigenvalue weighted by atomic mass is 10.2. The van der Waals surface area contributed by atoms with Gasteiger partial charge in [-0.1, -0.05) is 49.1 Å². The Morgan fingerprint density at radius 3 is 2.47 bits per heavy atom. The number of benzene rings is 1. The third-order valence-corrected chi connectivity index (χ3v) is 4.28. The highest BCUT2D eigenvalue weighted by molar-refractivity contribution is 6.88. The van der Waals surface area contributed by atoms with E-state index in [1.54, 1.807) is 0 Å². The lowest BCUT2D eigenvalue weighted by Crippen LogP contribution is -2.37. The van der Waals surface area contributed by atoms with Gasteiger partial charge in [-0.3, -0.25) is 0 Å². The molecule has 0 radical (unpaired) electrons. The molecule has 0 aliphatic rings. The second kappa shape index (κ2) is 4.48. The van der Waals surface area contributed by atoms with E-state index >= 15 is 0 Å². The molecule has 0 saturated carbocycles. The molecule has 0 saturated heterocycles. The Morgan fingerprint density at radius 1 is 1.27 bits per heavy atom. The van der Waals surface area contributed by atoms with E-state index in [0.29, 0.717) is 6.54 Å². The number of rotatable bonds is 3. The molecular weight excluding hydrogens is 202 g/mol. The Kier molecular flexibility index (Phi) is 3.52. The van der Waals surface area contributed by atoms with Crippen molar-refractivity contribution >= 4 is 19.2 Å². The summed E-state index contributed by atoms with van der Waals surface area (Å²) in [5, 5.41) is 1.44. The van der Waals surface area contributed by atoms with E-state index in [1.165, 1.54) is 10.8 Å². The Morgan fingerprint density at radius 2 is 1.93 bits per heavy atom. The largest absolute Gasteiger partial charge is 0.370 e. The predicted molar refractivity (Wildman–Crippen MR) is 68.9 cm³/mol. The van der Waals surface area contributed by atoms with Crippen molar-refractivity contribution in [1.82, 2.24) is 0 Å². The van der Waals surface area contributed by atoms with Crippen LogP contribution in [-0.2, 0) is 6.54 Å². The summed E-state index contributed by atoms with van der Waals surface area (Å²) in [7, 11) is -1.23. The molecule has 1 aromatic rings. The molecule has 0 aliphatic carbocycles. The molecule has 1 aromatic carbocycles. The highest BCUT2D eigenvalue weighted by Gasteiger charge is 2.15. The third kappa shape index (κ3) is 3.75. The predicted octanol–water partition coefficient (Wildman–Crippen LogP) is 1.01. The van der Waals surface area contributed by atoms with E-state index in [9.17, 15) is 0 Å². The summed E-state index contributed by atoms with van der Waals surface area (Å²) in [6.45, 7) is 7.55. The van der Waals surface area contributed by atoms with E-state index in [-0.39, 0.29) is 5.96 Å². The maximum absolute atomic E-state index is 5.30. The van der Waals surface area contributed by atoms with E-state index in [2.05, 4.69) is 48.9 Å². The Bertz CT molecular complexity index is 362. The summed E-state index contributed by atoms with van der Waals surface area (Å²) in [6.07, 6.45) is 0. The first kappa shape index (κ1) is 11.8. The average Bonchev–Trinajstić information content (AvgIpc) is 2.14. The van der Waals surface area contributed by atoms with E-state index < -0.39 is 8.07 Å². The molecule has 0 bridgehead atoms. The highest BCUT2D eigenvalue weighted by atomic mass is 28.3. The number of nitrogens with two attached hydrogens (primary N) is 2. The maximum Gasteiger partial charge on any atom is 0.186 e. The van der Waals surface area contributed by atoms with Crippen LogP contribution < -0.4 is 16.7 Å². The fourth-order valence-corrected chi connectivity index (χ4v) is 2.53. The van der Waals surface area contributed by atoms with Gasteiger partial charge in [-0.2, -0.15) is 0 Å². The second-order valence-corrected chi connectivity index (χ2v) is 9.77. The van der Waals surface area contributed by atoms with Crippen LogP contribution in [0.5, 0.6) is 0 Å². The molecule has 0 fully saturated rings. The first-order valence-corrected chi connectivity index (χ1v) is 8.54. The molecule has 4 N–H and O–H groups in total. The number of hydrogen-bond donors (Lipinski definition) is 2. The zero-order valence-corrected chi connectivity index (χ0v) is 10.6. The molecule has 0 amide bonds. The minimum atomic E-state index is -1.23. The summed E-state index contributed by atoms with van der Waals surface area (Å²) in [5.41, 5.74) is 11.8. The lowest BCUT2D eigenvalue weighted by molar-refractivity contribution is 1.06. The van der Waals surface area contributed by atoms with Gasteiger partial charge in [0.05, 0.1) is 14.6 Å². The summed E-state index contributed by atoms with van der Waals surface area (Å²) in [5.74, 6) is 0.147. The van der Waals surface area contributed by atoms with E-state index in [4.69, 9.17) is 11.5 Å². The molecule has 0 heterocycles. The minimum absolute atomic E-state index is 0.147. The van der Waals surface area contributed by atoms with Gasteiger partial charge in [-0.25, -0.2) is 4.99 Å². The van der Waals surface area contributed by atoms with Gasteiger partial charge in [0.1, 0.15) is 0 Å². The van der Waals surface area contributed by atoms with Crippen LogP contribution in [0.4, 0.5) is 0 Å². The molecule has 82 valence electrons. The quantitative estimate of drug-likeness (QED) is 0.454. The summed E-state index contributed by atoms with van der Waals surface area (Å²) in [4.78, 5) is 4.01. The van der Waals surface area contributed by atoms with Gasteiger partial charge >= 0.3 is 0 Å². The fourth-order valence-electron chi connectivity index (χ4n) is 1.32. The molecule has 3 nitrogen and oxygen atoms in total. The van der Waals surface area contributed by atoms with Crippen molar-refractivity contribution in [2.75, 3.05) is 0 Å². The van der Waals surface area contributed by atoms with Crippen molar-refractivity contribution < 1.29 is 0 Å². The van der Waals surface area contributed by atoms with Crippen molar-refractivity contribution in [3.8, 4) is 0 Å². The van der Waals surface area contributed by atoms with Crippen LogP contribution in [0.3, 0.4) is 0 Å². The van der Waals surface area contributed by atoms with Gasteiger partial charge in [0.2, 0.25) is 0 Å². The molecule has 4 heteroatoms. The van der Waals surface area contributed by atoms with Crippen molar-refractivity contribution in [3.05, 3.63) is 29.8 Å². The molecule has 0 aliphatic heterocycles. The first-order valence-electron chi connectivity index (χ1n) is 5.04. The number of nitrogens with zero attached hydrogens (tertiary/aromatic N) is 1. The standard InChI is InChI=1S/C11H19N3Si/c1-15(2,3)10-6-4-5-9(7-10)8-14-11(12)13/h4-7H,8H2,1-3H3,(H4,12,13,14). The average molecular weight is 221 g/mol. The van der Waals surface area contributed by atoms with Gasteiger partial charge in [0.15, 0.2) is 5.96 Å². The van der Waals surface area contributed by atoms with Crippen molar-refractivity contribution in [1.29, 1.82) is 0 Å². The normalized spacial score (nSPS) is 11.1. The Hall–Kier alpha value is -1.29. The van der Waals surface area contributed by atoms with E-state index in [0.717, 1.165) is 0 Å². The fraction of sp³-hybridized carbons (Fsp3) is 0.364. The van der Waals surface area contributed by atoms with Gasteiger partial charge in [-0.15, -0.1) is 0 Å². The molecule has 0 spiro atoms. The van der Waals surface area contributed by atoms with Crippen LogP contribution in [-0.4, -0.2) is 14.0 Å². The lowest BCUT2D eigenvalue weighted by Gasteiger charge is -2.17. The van der Waals surface area contributed by atoms with Crippen LogP contribution >= 0.6 is 0 Å². The first-order chi connectivity index (χ1) is 6.89. The summed E-state index contributed by atoms with van der Waals surface area (Å²) < 4.78 is 0. The summed E-state index contributed by atoms with van der Waals surface area (Å²) >= 11 is 0. The molecule has 15 heavy (non-hydrogen) atoms. The van der Waals surface area contributed by atoms with Crippen LogP contribution in [0.2, 0.25) is 19.6 Å². The highest BCUT2D eigenvalue weighted by Crippen LogP contribution is 2.05. The van der Waals surface area contributed by atoms with Crippen molar-refractivity contribution in [3.63, 3.8) is 0 Å². The third-order valence-electron chi connectivity index (χ3n) is 2.24. The van der Waals surface area contributed by atoms with Gasteiger partial charge in [0.25, 0.3) is 0 Å². The zero-order chi connectivity index (χ0) is 11.5. The Labute approximate surface area is 92.2 Å².